The number of carboxylic acid groups (broad SMARTS) is 1. The van der Waals surface area contributed by atoms with Gasteiger partial charge in [0.2, 0.25) is 10.0 Å². The number of nitro groups is 1. The number of aliphatic carboxylic acids is 1. The maximum Gasteiger partial charge on any atom is 0.317 e. The molecule has 13 heteroatoms. The molecule has 10 nitrogen and oxygen atoms in total. The lowest BCUT2D eigenvalue weighted by molar-refractivity contribution is -0.388. The molecule has 1 saturated heterocycles. The van der Waals surface area contributed by atoms with Crippen LogP contribution >= 0.6 is 27.7 Å². The van der Waals surface area contributed by atoms with Crippen LogP contribution in [0.15, 0.2) is 26.4 Å². The molecule has 1 aliphatic heterocycles. The van der Waals surface area contributed by atoms with E-state index < -0.39 is 42.5 Å². The van der Waals surface area contributed by atoms with Crippen molar-refractivity contribution in [3.8, 4) is 0 Å². The smallest absolute Gasteiger partial charge is 0.317 e. The minimum absolute atomic E-state index is 0.0449. The molecule has 0 aromatic heterocycles. The van der Waals surface area contributed by atoms with Gasteiger partial charge in [0.15, 0.2) is 5.79 Å². The lowest BCUT2D eigenvalue weighted by Gasteiger charge is -2.37. The van der Waals surface area contributed by atoms with Gasteiger partial charge in [-0.2, -0.15) is 0 Å². The number of halogens is 1. The van der Waals surface area contributed by atoms with E-state index in [1.54, 1.807) is 0 Å². The molecule has 3 rings (SSSR count). The predicted octanol–water partition coefficient (Wildman–Crippen LogP) is 2.48. The molecule has 0 radical (unpaired) electrons. The number of benzene rings is 1. The number of hydrogen-bond acceptors (Lipinski definition) is 8. The maximum atomic E-state index is 12.0. The average Bonchev–Trinajstić information content (AvgIpc) is 3.08. The van der Waals surface area contributed by atoms with Crippen molar-refractivity contribution in [1.82, 2.24) is 0 Å². The van der Waals surface area contributed by atoms with Crippen LogP contribution in [0.3, 0.4) is 0 Å². The number of thioether (sulfide) groups is 1. The number of nitro benzene ring substituents is 1. The molecule has 2 aliphatic rings. The van der Waals surface area contributed by atoms with Gasteiger partial charge in [0.05, 0.1) is 23.0 Å². The Morgan fingerprint density at radius 1 is 1.34 bits per heavy atom. The van der Waals surface area contributed by atoms with Crippen molar-refractivity contribution >= 4 is 49.4 Å². The van der Waals surface area contributed by atoms with Gasteiger partial charge >= 0.3 is 5.97 Å². The number of ether oxygens (including phenoxy) is 2. The van der Waals surface area contributed by atoms with E-state index in [0.29, 0.717) is 38.9 Å². The summed E-state index contributed by atoms with van der Waals surface area (Å²) in [6, 6.07) is 1.98. The molecule has 1 unspecified atom stereocenters. The van der Waals surface area contributed by atoms with E-state index in [1.165, 1.54) is 0 Å². The Balaban J connectivity index is 1.87. The average molecular weight is 511 g/mol. The van der Waals surface area contributed by atoms with Crippen LogP contribution in [0.1, 0.15) is 25.7 Å². The SMILES string of the molecule is NS(=O)(=O)c1cc(Br)c(SC(C(=O)O)C2CCC3(CC2)OCCO3)c([N+](=O)[O-])c1. The molecule has 1 spiro atoms. The number of primary sulfonamides is 1. The minimum atomic E-state index is -4.16. The highest BCUT2D eigenvalue weighted by Gasteiger charge is 2.44. The summed E-state index contributed by atoms with van der Waals surface area (Å²) in [6.45, 7) is 1.02. The third-order valence-corrected chi connectivity index (χ3v) is 8.33. The molecule has 3 N–H and O–H groups in total. The second kappa shape index (κ2) is 8.47. The third-order valence-electron chi connectivity index (χ3n) is 5.04. The summed E-state index contributed by atoms with van der Waals surface area (Å²) in [5.74, 6) is -1.99. The highest BCUT2D eigenvalue weighted by molar-refractivity contribution is 9.10. The van der Waals surface area contributed by atoms with Crippen molar-refractivity contribution in [2.45, 2.75) is 46.5 Å². The van der Waals surface area contributed by atoms with Gasteiger partial charge < -0.3 is 14.6 Å². The van der Waals surface area contributed by atoms with Crippen molar-refractivity contribution in [3.05, 3.63) is 26.7 Å². The number of carbonyl (C=O) groups is 1. The number of hydrogen-bond donors (Lipinski definition) is 2. The van der Waals surface area contributed by atoms with Gasteiger partial charge in [-0.1, -0.05) is 0 Å². The molecule has 1 aromatic rings. The van der Waals surface area contributed by atoms with Gasteiger partial charge in [0.25, 0.3) is 5.69 Å². The van der Waals surface area contributed by atoms with Crippen LogP contribution < -0.4 is 5.14 Å². The Labute approximate surface area is 179 Å². The van der Waals surface area contributed by atoms with Gasteiger partial charge in [0.1, 0.15) is 10.1 Å². The number of nitrogens with zero attached hydrogens (tertiary/aromatic N) is 1. The quantitative estimate of drug-likeness (QED) is 0.332. The molecule has 1 saturated carbocycles. The minimum Gasteiger partial charge on any atom is -0.480 e. The van der Waals surface area contributed by atoms with E-state index in [-0.39, 0.29) is 15.3 Å². The normalized spacial score (nSPS) is 20.6. The van der Waals surface area contributed by atoms with Crippen molar-refractivity contribution in [3.63, 3.8) is 0 Å². The first-order valence-corrected chi connectivity index (χ1v) is 11.9. The zero-order chi connectivity index (χ0) is 21.4. The van der Waals surface area contributed by atoms with E-state index in [0.717, 1.165) is 23.9 Å². The molecule has 1 heterocycles. The summed E-state index contributed by atoms with van der Waals surface area (Å²) in [5, 5.41) is 25.4. The van der Waals surface area contributed by atoms with Crippen LogP contribution in [0, 0.1) is 16.0 Å². The Morgan fingerprint density at radius 3 is 2.41 bits per heavy atom. The fourth-order valence-corrected chi connectivity index (χ4v) is 6.30. The number of nitrogens with two attached hydrogens (primary N) is 1. The Kier molecular flexibility index (Phi) is 6.56. The highest BCUT2D eigenvalue weighted by Crippen LogP contribution is 2.46. The summed E-state index contributed by atoms with van der Waals surface area (Å²) in [6.07, 6.45) is 2.17. The van der Waals surface area contributed by atoms with Crippen LogP contribution in [0.25, 0.3) is 0 Å². The zero-order valence-electron chi connectivity index (χ0n) is 15.1. The molecule has 1 aromatic carbocycles. The van der Waals surface area contributed by atoms with E-state index in [9.17, 15) is 28.4 Å². The molecular formula is C16H19BrN2O8S2. The first kappa shape index (κ1) is 22.4. The van der Waals surface area contributed by atoms with Gasteiger partial charge in [-0.25, -0.2) is 13.6 Å². The van der Waals surface area contributed by atoms with E-state index in [2.05, 4.69) is 15.9 Å². The highest BCUT2D eigenvalue weighted by atomic mass is 79.9. The summed E-state index contributed by atoms with van der Waals surface area (Å²) < 4.78 is 34.6. The molecule has 160 valence electrons. The summed E-state index contributed by atoms with van der Waals surface area (Å²) in [4.78, 5) is 22.3. The second-order valence-corrected chi connectivity index (χ2v) is 10.4. The number of carboxylic acids is 1. The van der Waals surface area contributed by atoms with Crippen LogP contribution in [-0.4, -0.2) is 48.7 Å². The second-order valence-electron chi connectivity index (χ2n) is 6.88. The summed E-state index contributed by atoms with van der Waals surface area (Å²) >= 11 is 3.96. The lowest BCUT2D eigenvalue weighted by Crippen LogP contribution is -2.39. The molecule has 1 aliphatic carbocycles. The van der Waals surface area contributed by atoms with Crippen LogP contribution in [-0.2, 0) is 24.3 Å². The monoisotopic (exact) mass is 510 g/mol. The lowest BCUT2D eigenvalue weighted by atomic mass is 9.83. The standard InChI is InChI=1S/C16H19BrN2O8S2/c17-11-7-10(29(18,24)25)8-12(19(22)23)14(11)28-13(15(20)21)9-1-3-16(4-2-9)26-5-6-27-16/h7-9,13H,1-6H2,(H,20,21)(H2,18,24,25). The topological polar surface area (TPSA) is 159 Å². The van der Waals surface area contributed by atoms with Crippen LogP contribution in [0.4, 0.5) is 5.69 Å². The van der Waals surface area contributed by atoms with E-state index >= 15 is 0 Å². The number of sulfonamides is 1. The molecule has 0 bridgehead atoms. The zero-order valence-corrected chi connectivity index (χ0v) is 18.3. The third kappa shape index (κ3) is 4.91. The van der Waals surface area contributed by atoms with E-state index in [1.807, 2.05) is 0 Å². The van der Waals surface area contributed by atoms with Crippen molar-refractivity contribution in [1.29, 1.82) is 0 Å². The van der Waals surface area contributed by atoms with Gasteiger partial charge in [-0.3, -0.25) is 14.9 Å². The fourth-order valence-electron chi connectivity index (χ4n) is 3.61. The molecule has 0 amide bonds. The molecule has 29 heavy (non-hydrogen) atoms. The van der Waals surface area contributed by atoms with Crippen LogP contribution in [0.2, 0.25) is 0 Å². The first-order chi connectivity index (χ1) is 13.5. The van der Waals surface area contributed by atoms with Crippen molar-refractivity contribution in [2.24, 2.45) is 11.1 Å². The van der Waals surface area contributed by atoms with Gasteiger partial charge in [0, 0.05) is 23.4 Å². The van der Waals surface area contributed by atoms with Gasteiger partial charge in [-0.05, 0) is 40.8 Å². The number of rotatable bonds is 6. The summed E-state index contributed by atoms with van der Waals surface area (Å²) in [7, 11) is -4.16. The van der Waals surface area contributed by atoms with Crippen molar-refractivity contribution < 1.29 is 32.7 Å². The van der Waals surface area contributed by atoms with Crippen molar-refractivity contribution in [2.75, 3.05) is 13.2 Å². The largest absolute Gasteiger partial charge is 0.480 e. The van der Waals surface area contributed by atoms with Crippen LogP contribution in [0.5, 0.6) is 0 Å². The molecular weight excluding hydrogens is 492 g/mol. The maximum absolute atomic E-state index is 12.0. The summed E-state index contributed by atoms with van der Waals surface area (Å²) in [5.41, 5.74) is -0.519. The Bertz CT molecular complexity index is 923. The van der Waals surface area contributed by atoms with Gasteiger partial charge in [-0.15, -0.1) is 11.8 Å². The first-order valence-electron chi connectivity index (χ1n) is 8.70. The Morgan fingerprint density at radius 2 is 1.93 bits per heavy atom. The Hall–Kier alpha value is -1.25. The molecule has 1 atom stereocenters. The fraction of sp³-hybridized carbons (Fsp3) is 0.562. The van der Waals surface area contributed by atoms with E-state index in [4.69, 9.17) is 14.6 Å². The molecule has 2 fully saturated rings. The predicted molar refractivity (Wildman–Crippen MR) is 106 cm³/mol.